The minimum atomic E-state index is -0.224. The predicted octanol–water partition coefficient (Wildman–Crippen LogP) is 3.76. The molecule has 2 aromatic carbocycles. The molecule has 2 unspecified atom stereocenters. The van der Waals surface area contributed by atoms with Crippen LogP contribution in [-0.4, -0.2) is 21.5 Å². The van der Waals surface area contributed by atoms with Gasteiger partial charge in [-0.3, -0.25) is 10.1 Å². The van der Waals surface area contributed by atoms with Gasteiger partial charge in [-0.05, 0) is 17.7 Å². The van der Waals surface area contributed by atoms with Crippen molar-refractivity contribution in [2.24, 2.45) is 0 Å². The molecule has 0 aliphatic carbocycles. The molecule has 4 rings (SSSR count). The Morgan fingerprint density at radius 1 is 1.19 bits per heavy atom. The highest BCUT2D eigenvalue weighted by Gasteiger charge is 2.27. The highest BCUT2D eigenvalue weighted by atomic mass is 35.5. The van der Waals surface area contributed by atoms with Crippen LogP contribution in [0.3, 0.4) is 0 Å². The van der Waals surface area contributed by atoms with Gasteiger partial charge in [0.25, 0.3) is 0 Å². The third-order valence-electron chi connectivity index (χ3n) is 4.16. The monoisotopic (exact) mass is 400 g/mol. The Morgan fingerprint density at radius 3 is 2.85 bits per heavy atom. The van der Waals surface area contributed by atoms with E-state index in [9.17, 15) is 4.79 Å². The molecule has 1 saturated heterocycles. The summed E-state index contributed by atoms with van der Waals surface area (Å²) in [6, 6.07) is 17.2. The van der Waals surface area contributed by atoms with Crippen LogP contribution in [0, 0.1) is 0 Å². The molecule has 8 heteroatoms. The van der Waals surface area contributed by atoms with Gasteiger partial charge in [-0.15, -0.1) is 11.8 Å². The summed E-state index contributed by atoms with van der Waals surface area (Å²) in [7, 11) is 0. The van der Waals surface area contributed by atoms with E-state index in [0.29, 0.717) is 28.9 Å². The molecule has 0 saturated carbocycles. The third kappa shape index (κ3) is 4.50. The molecule has 1 fully saturated rings. The number of amides is 1. The predicted molar refractivity (Wildman–Crippen MR) is 105 cm³/mol. The lowest BCUT2D eigenvalue weighted by atomic mass is 10.0. The van der Waals surface area contributed by atoms with E-state index < -0.39 is 0 Å². The van der Waals surface area contributed by atoms with Gasteiger partial charge in [-0.25, -0.2) is 0 Å². The number of carbonyl (C=O) groups is 1. The maximum atomic E-state index is 12.1. The number of hydrogen-bond donors (Lipinski definition) is 2. The van der Waals surface area contributed by atoms with E-state index in [2.05, 4.69) is 20.8 Å². The van der Waals surface area contributed by atoms with Crippen molar-refractivity contribution < 1.29 is 9.32 Å². The van der Waals surface area contributed by atoms with Gasteiger partial charge in [0.15, 0.2) is 0 Å². The van der Waals surface area contributed by atoms with Crippen LogP contribution >= 0.6 is 23.4 Å². The fourth-order valence-corrected chi connectivity index (χ4v) is 3.97. The minimum absolute atomic E-state index is 0.0119. The van der Waals surface area contributed by atoms with Crippen LogP contribution in [0.4, 0.5) is 0 Å². The molecule has 1 amide bonds. The summed E-state index contributed by atoms with van der Waals surface area (Å²) in [5.41, 5.74) is 1.67. The van der Waals surface area contributed by atoms with Crippen LogP contribution < -0.4 is 10.6 Å². The number of nitrogens with zero attached hydrogens (tertiary/aromatic N) is 2. The van der Waals surface area contributed by atoms with E-state index in [-0.39, 0.29) is 17.4 Å². The molecule has 1 aliphatic rings. The Hall–Kier alpha value is -2.35. The Bertz CT molecular complexity index is 934. The number of halogens is 1. The molecule has 27 heavy (non-hydrogen) atoms. The average Bonchev–Trinajstić information content (AvgIpc) is 3.16. The van der Waals surface area contributed by atoms with Crippen LogP contribution in [0.25, 0.3) is 11.4 Å². The second-order valence-corrected chi connectivity index (χ2v) is 7.64. The SMILES string of the molecule is O=C1CC(c2ccccc2)NC(SCc2nc(-c3cccc(Cl)c3)no2)N1. The van der Waals surface area contributed by atoms with E-state index in [1.165, 1.54) is 11.8 Å². The molecule has 0 spiro atoms. The van der Waals surface area contributed by atoms with Gasteiger partial charge in [-0.1, -0.05) is 59.2 Å². The highest BCUT2D eigenvalue weighted by molar-refractivity contribution is 7.99. The first-order valence-corrected chi connectivity index (χ1v) is 9.90. The maximum absolute atomic E-state index is 12.1. The van der Waals surface area contributed by atoms with Gasteiger partial charge in [0, 0.05) is 23.0 Å². The number of benzene rings is 2. The van der Waals surface area contributed by atoms with Crippen LogP contribution in [0.5, 0.6) is 0 Å². The largest absolute Gasteiger partial charge is 0.338 e. The first-order chi connectivity index (χ1) is 13.2. The maximum Gasteiger partial charge on any atom is 0.237 e. The Kier molecular flexibility index (Phi) is 5.42. The molecular formula is C19H17ClN4O2S. The number of hydrogen-bond acceptors (Lipinski definition) is 6. The van der Waals surface area contributed by atoms with Crippen LogP contribution in [0.15, 0.2) is 59.1 Å². The van der Waals surface area contributed by atoms with Crippen molar-refractivity contribution in [1.29, 1.82) is 0 Å². The van der Waals surface area contributed by atoms with Gasteiger partial charge in [0.05, 0.1) is 5.75 Å². The van der Waals surface area contributed by atoms with Crippen molar-refractivity contribution in [3.05, 3.63) is 71.1 Å². The number of aromatic nitrogens is 2. The van der Waals surface area contributed by atoms with Crippen molar-refractivity contribution >= 4 is 29.3 Å². The van der Waals surface area contributed by atoms with Crippen molar-refractivity contribution in [1.82, 2.24) is 20.8 Å². The molecule has 2 atom stereocenters. The molecule has 1 aromatic heterocycles. The average molecular weight is 401 g/mol. The summed E-state index contributed by atoms with van der Waals surface area (Å²) in [4.78, 5) is 16.5. The first kappa shape index (κ1) is 18.0. The lowest BCUT2D eigenvalue weighted by Gasteiger charge is -2.31. The molecule has 0 bridgehead atoms. The van der Waals surface area contributed by atoms with Gasteiger partial charge in [0.2, 0.25) is 17.6 Å². The number of thioether (sulfide) groups is 1. The van der Waals surface area contributed by atoms with Crippen LogP contribution in [0.1, 0.15) is 23.9 Å². The topological polar surface area (TPSA) is 80.1 Å². The van der Waals surface area contributed by atoms with E-state index in [4.69, 9.17) is 16.1 Å². The Labute approximate surface area is 165 Å². The van der Waals surface area contributed by atoms with Crippen molar-refractivity contribution in [2.45, 2.75) is 23.7 Å². The van der Waals surface area contributed by atoms with Crippen LogP contribution in [-0.2, 0) is 10.5 Å². The second-order valence-electron chi connectivity index (χ2n) is 6.11. The fraction of sp³-hybridized carbons (Fsp3) is 0.211. The third-order valence-corrected chi connectivity index (χ3v) is 5.40. The van der Waals surface area contributed by atoms with Crippen LogP contribution in [0.2, 0.25) is 5.02 Å². The molecule has 2 heterocycles. The summed E-state index contributed by atoms with van der Waals surface area (Å²) >= 11 is 7.50. The van der Waals surface area contributed by atoms with E-state index >= 15 is 0 Å². The zero-order chi connectivity index (χ0) is 18.6. The smallest absolute Gasteiger partial charge is 0.237 e. The minimum Gasteiger partial charge on any atom is -0.338 e. The normalized spacial score (nSPS) is 19.7. The van der Waals surface area contributed by atoms with Crippen molar-refractivity contribution in [2.75, 3.05) is 0 Å². The van der Waals surface area contributed by atoms with E-state index in [0.717, 1.165) is 11.1 Å². The summed E-state index contributed by atoms with van der Waals surface area (Å²) in [5, 5.41) is 11.0. The number of nitrogens with one attached hydrogen (secondary N) is 2. The standard InChI is InChI=1S/C19H17ClN4O2S/c20-14-8-4-7-13(9-14)18-23-17(26-24-18)11-27-19-21-15(10-16(25)22-19)12-5-2-1-3-6-12/h1-9,15,19,21H,10-11H2,(H,22,25). The summed E-state index contributed by atoms with van der Waals surface area (Å²) in [6.45, 7) is 0. The second kappa shape index (κ2) is 8.12. The zero-order valence-corrected chi connectivity index (χ0v) is 15.8. The lowest BCUT2D eigenvalue weighted by Crippen LogP contribution is -2.50. The molecule has 1 aliphatic heterocycles. The molecule has 3 aromatic rings. The highest BCUT2D eigenvalue weighted by Crippen LogP contribution is 2.26. The van der Waals surface area contributed by atoms with E-state index in [1.807, 2.05) is 42.5 Å². The Morgan fingerprint density at radius 2 is 2.04 bits per heavy atom. The molecule has 6 nitrogen and oxygen atoms in total. The first-order valence-electron chi connectivity index (χ1n) is 8.48. The van der Waals surface area contributed by atoms with Crippen molar-refractivity contribution in [3.63, 3.8) is 0 Å². The quantitative estimate of drug-likeness (QED) is 0.678. The lowest BCUT2D eigenvalue weighted by molar-refractivity contribution is -0.123. The van der Waals surface area contributed by atoms with E-state index in [1.54, 1.807) is 12.1 Å². The number of carbonyl (C=O) groups excluding carboxylic acids is 1. The Balaban J connectivity index is 1.39. The summed E-state index contributed by atoms with van der Waals surface area (Å²) < 4.78 is 5.32. The number of rotatable bonds is 5. The van der Waals surface area contributed by atoms with Gasteiger partial charge < -0.3 is 9.84 Å². The van der Waals surface area contributed by atoms with Gasteiger partial charge in [0.1, 0.15) is 5.50 Å². The van der Waals surface area contributed by atoms with Crippen molar-refractivity contribution in [3.8, 4) is 11.4 Å². The summed E-state index contributed by atoms with van der Waals surface area (Å²) in [6.07, 6.45) is 0.417. The molecule has 2 N–H and O–H groups in total. The molecular weight excluding hydrogens is 384 g/mol. The zero-order valence-electron chi connectivity index (χ0n) is 14.3. The molecule has 138 valence electrons. The van der Waals surface area contributed by atoms with Gasteiger partial charge in [-0.2, -0.15) is 4.98 Å². The fourth-order valence-electron chi connectivity index (χ4n) is 2.88. The summed E-state index contributed by atoms with van der Waals surface area (Å²) in [5.74, 6) is 1.49. The van der Waals surface area contributed by atoms with Gasteiger partial charge >= 0.3 is 0 Å². The molecule has 0 radical (unpaired) electrons.